The Morgan fingerprint density at radius 3 is 2.46 bits per heavy atom. The van der Waals surface area contributed by atoms with Crippen molar-refractivity contribution < 1.29 is 32.2 Å². The molecule has 1 heterocycles. The first-order valence-electron chi connectivity index (χ1n) is 10.3. The second kappa shape index (κ2) is 11.6. The molecule has 0 fully saturated rings. The molecule has 0 saturated carbocycles. The molecule has 0 aliphatic heterocycles. The van der Waals surface area contributed by atoms with Crippen molar-refractivity contribution in [2.75, 3.05) is 12.4 Å². The van der Waals surface area contributed by atoms with Crippen molar-refractivity contribution in [3.05, 3.63) is 82.6 Å². The van der Waals surface area contributed by atoms with Crippen LogP contribution in [0.1, 0.15) is 23.2 Å². The zero-order valence-corrected chi connectivity index (χ0v) is 19.2. The van der Waals surface area contributed by atoms with E-state index in [0.29, 0.717) is 23.6 Å². The van der Waals surface area contributed by atoms with Crippen LogP contribution in [0.2, 0.25) is 5.02 Å². The number of carbonyl (C=O) groups excluding carboxylic acids is 2. The van der Waals surface area contributed by atoms with Crippen molar-refractivity contribution in [3.63, 3.8) is 0 Å². The maximum atomic E-state index is 13.0. The minimum Gasteiger partial charge on any atom is -0.457 e. The van der Waals surface area contributed by atoms with Crippen LogP contribution in [-0.4, -0.2) is 24.1 Å². The highest BCUT2D eigenvalue weighted by Gasteiger charge is 2.33. The number of methoxy groups -OCH3 is 1. The molecule has 0 saturated heterocycles. The molecule has 0 spiro atoms. The Labute approximate surface area is 204 Å². The van der Waals surface area contributed by atoms with E-state index in [4.69, 9.17) is 16.3 Å². The number of nitrogens with zero attached hydrogens (tertiary/aromatic N) is 1. The number of aromatic nitrogens is 1. The molecule has 0 bridgehead atoms. The minimum absolute atomic E-state index is 0.0222. The fourth-order valence-corrected chi connectivity index (χ4v) is 3.24. The van der Waals surface area contributed by atoms with Gasteiger partial charge in [-0.3, -0.25) is 9.78 Å². The van der Waals surface area contributed by atoms with Gasteiger partial charge >= 0.3 is 12.3 Å². The van der Waals surface area contributed by atoms with Gasteiger partial charge in [0.05, 0.1) is 29.9 Å². The van der Waals surface area contributed by atoms with Gasteiger partial charge in [0, 0.05) is 24.4 Å². The van der Waals surface area contributed by atoms with E-state index in [9.17, 15) is 22.8 Å². The van der Waals surface area contributed by atoms with Crippen LogP contribution in [0.4, 0.5) is 23.7 Å². The van der Waals surface area contributed by atoms with Crippen LogP contribution in [0, 0.1) is 0 Å². The van der Waals surface area contributed by atoms with E-state index in [2.05, 4.69) is 20.4 Å². The Balaban J connectivity index is 1.52. The highest BCUT2D eigenvalue weighted by atomic mass is 35.5. The van der Waals surface area contributed by atoms with Crippen molar-refractivity contribution in [1.82, 2.24) is 10.3 Å². The number of aryl methyl sites for hydroxylation is 1. The van der Waals surface area contributed by atoms with Gasteiger partial charge in [0.1, 0.15) is 11.5 Å². The SMILES string of the molecule is COC(=O)NCc1cc(Oc2ccc(CCC(=O)Nc3ccc(Cl)c(C(F)(F)F)c3)cc2)ccn1. The van der Waals surface area contributed by atoms with E-state index in [1.165, 1.54) is 13.2 Å². The Morgan fingerprint density at radius 1 is 1.03 bits per heavy atom. The first kappa shape index (κ1) is 25.8. The number of rotatable bonds is 8. The quantitative estimate of drug-likeness (QED) is 0.392. The molecule has 0 radical (unpaired) electrons. The van der Waals surface area contributed by atoms with Crippen molar-refractivity contribution in [2.24, 2.45) is 0 Å². The number of hydrogen-bond donors (Lipinski definition) is 2. The highest BCUT2D eigenvalue weighted by molar-refractivity contribution is 6.31. The largest absolute Gasteiger partial charge is 0.457 e. The number of pyridine rings is 1. The van der Waals surface area contributed by atoms with Crippen molar-refractivity contribution >= 4 is 29.3 Å². The second-order valence-corrected chi connectivity index (χ2v) is 7.72. The summed E-state index contributed by atoms with van der Waals surface area (Å²) < 4.78 is 49.2. The van der Waals surface area contributed by atoms with Crippen LogP contribution in [0.25, 0.3) is 0 Å². The molecule has 2 amide bonds. The summed E-state index contributed by atoms with van der Waals surface area (Å²) in [6.45, 7) is 0.179. The van der Waals surface area contributed by atoms with Gasteiger partial charge in [-0.25, -0.2) is 4.79 Å². The topological polar surface area (TPSA) is 89.5 Å². The fraction of sp³-hybridized carbons (Fsp3) is 0.208. The Kier molecular flexibility index (Phi) is 8.53. The van der Waals surface area contributed by atoms with E-state index in [0.717, 1.165) is 17.7 Å². The first-order chi connectivity index (χ1) is 16.6. The number of nitrogens with one attached hydrogen (secondary N) is 2. The Bertz CT molecular complexity index is 1190. The van der Waals surface area contributed by atoms with Gasteiger partial charge in [-0.05, 0) is 48.4 Å². The van der Waals surface area contributed by atoms with Gasteiger partial charge < -0.3 is 20.1 Å². The maximum absolute atomic E-state index is 13.0. The number of ether oxygens (including phenoxy) is 2. The number of hydrogen-bond acceptors (Lipinski definition) is 5. The zero-order chi connectivity index (χ0) is 25.4. The lowest BCUT2D eigenvalue weighted by molar-refractivity contribution is -0.137. The number of alkyl halides is 3. The summed E-state index contributed by atoms with van der Waals surface area (Å²) in [6.07, 6.45) is -3.18. The fourth-order valence-electron chi connectivity index (χ4n) is 3.01. The van der Waals surface area contributed by atoms with E-state index in [-0.39, 0.29) is 18.7 Å². The lowest BCUT2D eigenvalue weighted by Crippen LogP contribution is -2.22. The molecular weight excluding hydrogens is 487 g/mol. The van der Waals surface area contributed by atoms with Crippen LogP contribution in [0.15, 0.2) is 60.8 Å². The second-order valence-electron chi connectivity index (χ2n) is 7.31. The molecule has 1 aromatic heterocycles. The van der Waals surface area contributed by atoms with Crippen LogP contribution < -0.4 is 15.4 Å². The summed E-state index contributed by atoms with van der Waals surface area (Å²) in [4.78, 5) is 27.5. The molecule has 0 aliphatic carbocycles. The van der Waals surface area contributed by atoms with Gasteiger partial charge in [0.2, 0.25) is 5.91 Å². The van der Waals surface area contributed by atoms with E-state index in [1.807, 2.05) is 0 Å². The average molecular weight is 508 g/mol. The number of anilines is 1. The smallest absolute Gasteiger partial charge is 0.417 e. The number of carbonyl (C=O) groups is 2. The standard InChI is InChI=1S/C24H21ClF3N3O4/c1-34-23(33)30-14-17-12-19(10-11-29-17)35-18-6-2-15(3-7-18)4-9-22(32)31-16-5-8-21(25)20(13-16)24(26,27)28/h2-3,5-8,10-13H,4,9,14H2,1H3,(H,30,33)(H,31,32). The summed E-state index contributed by atoms with van der Waals surface area (Å²) in [5.74, 6) is 0.651. The molecule has 0 atom stereocenters. The minimum atomic E-state index is -4.61. The zero-order valence-electron chi connectivity index (χ0n) is 18.5. The van der Waals surface area contributed by atoms with Crippen molar-refractivity contribution in [2.45, 2.75) is 25.6 Å². The molecule has 0 unspecified atom stereocenters. The number of amides is 2. The molecule has 2 aromatic carbocycles. The van der Waals surface area contributed by atoms with Gasteiger partial charge in [-0.2, -0.15) is 13.2 Å². The normalized spacial score (nSPS) is 11.0. The molecule has 3 rings (SSSR count). The monoisotopic (exact) mass is 507 g/mol. The molecule has 2 N–H and O–H groups in total. The van der Waals surface area contributed by atoms with Crippen LogP contribution >= 0.6 is 11.6 Å². The molecule has 35 heavy (non-hydrogen) atoms. The third-order valence-corrected chi connectivity index (χ3v) is 5.07. The van der Waals surface area contributed by atoms with Gasteiger partial charge in [-0.15, -0.1) is 0 Å². The van der Waals surface area contributed by atoms with Gasteiger partial charge in [0.25, 0.3) is 0 Å². The predicted molar refractivity (Wildman–Crippen MR) is 123 cm³/mol. The van der Waals surface area contributed by atoms with Crippen molar-refractivity contribution in [3.8, 4) is 11.5 Å². The molecule has 11 heteroatoms. The first-order valence-corrected chi connectivity index (χ1v) is 10.7. The summed E-state index contributed by atoms with van der Waals surface area (Å²) >= 11 is 5.60. The third kappa shape index (κ3) is 7.89. The van der Waals surface area contributed by atoms with Crippen LogP contribution in [-0.2, 0) is 28.7 Å². The number of benzene rings is 2. The number of alkyl carbamates (subject to hydrolysis) is 1. The van der Waals surface area contributed by atoms with Crippen LogP contribution in [0.3, 0.4) is 0 Å². The summed E-state index contributed by atoms with van der Waals surface area (Å²) in [5, 5.41) is 4.56. The van der Waals surface area contributed by atoms with Crippen molar-refractivity contribution in [1.29, 1.82) is 0 Å². The molecule has 3 aromatic rings. The highest BCUT2D eigenvalue weighted by Crippen LogP contribution is 2.36. The summed E-state index contributed by atoms with van der Waals surface area (Å²) in [5.41, 5.74) is 0.443. The summed E-state index contributed by atoms with van der Waals surface area (Å²) in [7, 11) is 1.27. The Hall–Kier alpha value is -3.79. The lowest BCUT2D eigenvalue weighted by atomic mass is 10.1. The van der Waals surface area contributed by atoms with Gasteiger partial charge in [-0.1, -0.05) is 23.7 Å². The van der Waals surface area contributed by atoms with E-state index in [1.54, 1.807) is 42.6 Å². The molecular formula is C24H21ClF3N3O4. The Morgan fingerprint density at radius 2 is 1.77 bits per heavy atom. The predicted octanol–water partition coefficient (Wildman–Crippen LogP) is 5.97. The van der Waals surface area contributed by atoms with E-state index >= 15 is 0 Å². The molecule has 184 valence electrons. The van der Waals surface area contributed by atoms with E-state index < -0.39 is 28.8 Å². The third-order valence-electron chi connectivity index (χ3n) is 4.74. The van der Waals surface area contributed by atoms with Crippen LogP contribution in [0.5, 0.6) is 11.5 Å². The lowest BCUT2D eigenvalue weighted by Gasteiger charge is -2.12. The number of halogens is 4. The molecule has 7 nitrogen and oxygen atoms in total. The maximum Gasteiger partial charge on any atom is 0.417 e. The van der Waals surface area contributed by atoms with Gasteiger partial charge in [0.15, 0.2) is 0 Å². The summed E-state index contributed by atoms with van der Waals surface area (Å²) in [6, 6.07) is 13.6. The molecule has 0 aliphatic rings. The average Bonchev–Trinajstić information content (AvgIpc) is 2.83.